The number of nitrogens with two attached hydrogens (primary N) is 2. The smallest absolute Gasteiger partial charge is 0.236 e. The molecule has 0 spiro atoms. The molecule has 0 heterocycles. The fourth-order valence-corrected chi connectivity index (χ4v) is 1.03. The second kappa shape index (κ2) is 5.50. The van der Waals surface area contributed by atoms with Crippen molar-refractivity contribution in [2.24, 2.45) is 23.5 Å². The maximum Gasteiger partial charge on any atom is 0.236 e. The van der Waals surface area contributed by atoms with E-state index in [1.807, 2.05) is 10.9 Å². The van der Waals surface area contributed by atoms with Crippen LogP contribution >= 0.6 is 0 Å². The summed E-state index contributed by atoms with van der Waals surface area (Å²) in [5.41, 5.74) is 4.05. The molecule has 0 aromatic rings. The Morgan fingerprint density at radius 1 is 1.08 bits per heavy atom. The molecular formula is C7H16N4O2. The van der Waals surface area contributed by atoms with E-state index >= 15 is 0 Å². The van der Waals surface area contributed by atoms with Crippen LogP contribution in [0.25, 0.3) is 0 Å². The zero-order valence-corrected chi connectivity index (χ0v) is 7.83. The molecule has 0 bridgehead atoms. The largest absolute Gasteiger partial charge is 0.294 e. The topological polar surface area (TPSA) is 110 Å². The molecule has 13 heavy (non-hydrogen) atoms. The van der Waals surface area contributed by atoms with E-state index in [4.69, 9.17) is 11.7 Å². The van der Waals surface area contributed by atoms with Crippen molar-refractivity contribution in [1.29, 1.82) is 0 Å². The Bertz CT molecular complexity index is 175. The van der Waals surface area contributed by atoms with Gasteiger partial charge in [-0.1, -0.05) is 13.8 Å². The Hall–Kier alpha value is -1.14. The summed E-state index contributed by atoms with van der Waals surface area (Å²) in [5, 5.41) is 0. The number of hydrogen-bond acceptors (Lipinski definition) is 4. The lowest BCUT2D eigenvalue weighted by molar-refractivity contribution is -0.127. The lowest BCUT2D eigenvalue weighted by Gasteiger charge is -2.14. The minimum Gasteiger partial charge on any atom is -0.294 e. The fourth-order valence-electron chi connectivity index (χ4n) is 1.03. The van der Waals surface area contributed by atoms with Crippen molar-refractivity contribution >= 4 is 11.8 Å². The summed E-state index contributed by atoms with van der Waals surface area (Å²) in [6, 6.07) is 0. The number of amides is 2. The second-order valence-electron chi connectivity index (χ2n) is 3.05. The van der Waals surface area contributed by atoms with Crippen LogP contribution in [-0.4, -0.2) is 11.8 Å². The molecule has 6 heteroatoms. The van der Waals surface area contributed by atoms with E-state index < -0.39 is 0 Å². The van der Waals surface area contributed by atoms with Crippen LogP contribution in [0.3, 0.4) is 0 Å². The molecule has 0 aliphatic heterocycles. The molecular weight excluding hydrogens is 172 g/mol. The number of rotatable bonds is 4. The zero-order chi connectivity index (χ0) is 10.4. The van der Waals surface area contributed by atoms with Gasteiger partial charge in [0.1, 0.15) is 0 Å². The van der Waals surface area contributed by atoms with E-state index in [0.29, 0.717) is 6.42 Å². The third-order valence-electron chi connectivity index (χ3n) is 1.89. The molecule has 0 saturated heterocycles. The Kier molecular flexibility index (Phi) is 5.01. The Morgan fingerprint density at radius 3 is 1.62 bits per heavy atom. The van der Waals surface area contributed by atoms with Crippen molar-refractivity contribution in [3.05, 3.63) is 0 Å². The van der Waals surface area contributed by atoms with Gasteiger partial charge in [0.2, 0.25) is 11.8 Å². The average molecular weight is 188 g/mol. The van der Waals surface area contributed by atoms with Gasteiger partial charge in [-0.3, -0.25) is 20.4 Å². The highest BCUT2D eigenvalue weighted by atomic mass is 16.2. The fraction of sp³-hybridized carbons (Fsp3) is 0.714. The molecule has 0 rings (SSSR count). The summed E-state index contributed by atoms with van der Waals surface area (Å²) >= 11 is 0. The molecule has 0 radical (unpaired) electrons. The van der Waals surface area contributed by atoms with Gasteiger partial charge in [0.25, 0.3) is 0 Å². The van der Waals surface area contributed by atoms with Crippen molar-refractivity contribution in [2.45, 2.75) is 20.3 Å². The Balaban J connectivity index is 3.98. The molecule has 0 aliphatic rings. The Labute approximate surface area is 77.0 Å². The molecule has 0 aromatic carbocycles. The van der Waals surface area contributed by atoms with Gasteiger partial charge in [-0.15, -0.1) is 0 Å². The monoisotopic (exact) mass is 188 g/mol. The van der Waals surface area contributed by atoms with Crippen molar-refractivity contribution in [3.63, 3.8) is 0 Å². The van der Waals surface area contributed by atoms with Crippen molar-refractivity contribution in [3.8, 4) is 0 Å². The predicted molar refractivity (Wildman–Crippen MR) is 47.6 cm³/mol. The predicted octanol–water partition coefficient (Wildman–Crippen LogP) is -1.37. The van der Waals surface area contributed by atoms with E-state index in [0.717, 1.165) is 0 Å². The van der Waals surface area contributed by atoms with Crippen LogP contribution < -0.4 is 22.5 Å². The van der Waals surface area contributed by atoms with Gasteiger partial charge in [0.15, 0.2) is 0 Å². The van der Waals surface area contributed by atoms with Gasteiger partial charge in [-0.25, -0.2) is 11.7 Å². The first-order valence-corrected chi connectivity index (χ1v) is 4.03. The van der Waals surface area contributed by atoms with Crippen molar-refractivity contribution in [1.82, 2.24) is 10.9 Å². The van der Waals surface area contributed by atoms with Gasteiger partial charge in [0, 0.05) is 11.8 Å². The molecule has 0 aliphatic carbocycles. The Morgan fingerprint density at radius 2 is 1.38 bits per heavy atom. The van der Waals surface area contributed by atoms with E-state index in [1.54, 1.807) is 13.8 Å². The minimum atomic E-state index is -0.294. The number of carbonyl (C=O) groups is 2. The van der Waals surface area contributed by atoms with E-state index in [9.17, 15) is 9.59 Å². The van der Waals surface area contributed by atoms with Crippen LogP contribution in [0, 0.1) is 11.8 Å². The molecule has 2 atom stereocenters. The third-order valence-corrected chi connectivity index (χ3v) is 1.89. The highest BCUT2D eigenvalue weighted by molar-refractivity contribution is 5.80. The summed E-state index contributed by atoms with van der Waals surface area (Å²) in [6.45, 7) is 3.39. The first kappa shape index (κ1) is 11.9. The van der Waals surface area contributed by atoms with Crippen molar-refractivity contribution in [2.75, 3.05) is 0 Å². The van der Waals surface area contributed by atoms with E-state index in [1.165, 1.54) is 0 Å². The van der Waals surface area contributed by atoms with Crippen LogP contribution in [0.4, 0.5) is 0 Å². The molecule has 6 nitrogen and oxygen atoms in total. The normalized spacial score (nSPS) is 14.5. The van der Waals surface area contributed by atoms with E-state index in [-0.39, 0.29) is 23.7 Å². The maximum atomic E-state index is 11.0. The summed E-state index contributed by atoms with van der Waals surface area (Å²) in [4.78, 5) is 21.9. The second-order valence-corrected chi connectivity index (χ2v) is 3.05. The first-order valence-electron chi connectivity index (χ1n) is 4.03. The molecule has 0 fully saturated rings. The molecule has 6 N–H and O–H groups in total. The molecule has 0 aromatic heterocycles. The summed E-state index contributed by atoms with van der Waals surface area (Å²) in [7, 11) is 0. The number of hydrogen-bond donors (Lipinski definition) is 4. The van der Waals surface area contributed by atoms with Crippen molar-refractivity contribution < 1.29 is 9.59 Å². The number of nitrogens with one attached hydrogen (secondary N) is 2. The third kappa shape index (κ3) is 3.86. The van der Waals surface area contributed by atoms with Crippen LogP contribution in [0.2, 0.25) is 0 Å². The van der Waals surface area contributed by atoms with Gasteiger partial charge >= 0.3 is 0 Å². The van der Waals surface area contributed by atoms with Crippen LogP contribution in [-0.2, 0) is 9.59 Å². The van der Waals surface area contributed by atoms with Crippen LogP contribution in [0.15, 0.2) is 0 Å². The highest BCUT2D eigenvalue weighted by Gasteiger charge is 2.19. The molecule has 0 saturated carbocycles. The molecule has 76 valence electrons. The lowest BCUT2D eigenvalue weighted by atomic mass is 9.96. The zero-order valence-electron chi connectivity index (χ0n) is 7.83. The van der Waals surface area contributed by atoms with Gasteiger partial charge < -0.3 is 0 Å². The van der Waals surface area contributed by atoms with E-state index in [2.05, 4.69) is 0 Å². The van der Waals surface area contributed by atoms with Gasteiger partial charge in [0.05, 0.1) is 0 Å². The molecule has 2 amide bonds. The summed E-state index contributed by atoms with van der Waals surface area (Å²) in [5.74, 6) is 8.71. The minimum absolute atomic E-state index is 0.281. The van der Waals surface area contributed by atoms with Gasteiger partial charge in [-0.05, 0) is 6.42 Å². The van der Waals surface area contributed by atoms with Crippen LogP contribution in [0.5, 0.6) is 0 Å². The SMILES string of the molecule is CC(CC(C)C(=O)NN)C(=O)NN. The van der Waals surface area contributed by atoms with Gasteiger partial charge in [-0.2, -0.15) is 0 Å². The van der Waals surface area contributed by atoms with Crippen LogP contribution in [0.1, 0.15) is 20.3 Å². The maximum absolute atomic E-state index is 11.0. The lowest BCUT2D eigenvalue weighted by Crippen LogP contribution is -2.39. The summed E-state index contributed by atoms with van der Waals surface area (Å²) in [6.07, 6.45) is 0.423. The number of carbonyl (C=O) groups excluding carboxylic acids is 2. The standard InChI is InChI=1S/C7H16N4O2/c1-4(6(12)10-8)3-5(2)7(13)11-9/h4-5H,3,8-9H2,1-2H3,(H,10,12)(H,11,13). The summed E-state index contributed by atoms with van der Waals surface area (Å²) < 4.78 is 0. The number of hydrazine groups is 2. The molecule has 2 unspecified atom stereocenters. The highest BCUT2D eigenvalue weighted by Crippen LogP contribution is 2.11. The average Bonchev–Trinajstić information content (AvgIpc) is 2.14. The first-order chi connectivity index (χ1) is 6.02. The quantitative estimate of drug-likeness (QED) is 0.248.